The Kier molecular flexibility index (Phi) is 3.73. The molecule has 1 aromatic heterocycles. The molecule has 3 heteroatoms. The number of para-hydroxylation sites is 1. The maximum Gasteiger partial charge on any atom is 0.240 e. The van der Waals surface area contributed by atoms with Gasteiger partial charge in [-0.3, -0.25) is 4.79 Å². The van der Waals surface area contributed by atoms with Gasteiger partial charge in [-0.2, -0.15) is 0 Å². The number of hydrogen-bond acceptors (Lipinski definition) is 1. The van der Waals surface area contributed by atoms with Crippen LogP contribution in [-0.4, -0.2) is 10.5 Å². The highest BCUT2D eigenvalue weighted by Gasteiger charge is 2.18. The van der Waals surface area contributed by atoms with Gasteiger partial charge in [0, 0.05) is 11.7 Å². The largest absolute Gasteiger partial charge is 0.368 e. The number of primary amides is 1. The van der Waals surface area contributed by atoms with E-state index < -0.39 is 0 Å². The van der Waals surface area contributed by atoms with E-state index >= 15 is 0 Å². The van der Waals surface area contributed by atoms with E-state index in [0.717, 1.165) is 17.3 Å². The van der Waals surface area contributed by atoms with Crippen molar-refractivity contribution in [1.82, 2.24) is 4.57 Å². The van der Waals surface area contributed by atoms with E-state index in [-0.39, 0.29) is 11.9 Å². The molecule has 1 amide bonds. The Balaban J connectivity index is 1.86. The average molecular weight is 278 g/mol. The summed E-state index contributed by atoms with van der Waals surface area (Å²) in [5.74, 6) is -0.285. The first-order valence-electron chi connectivity index (χ1n) is 7.14. The van der Waals surface area contributed by atoms with Crippen molar-refractivity contribution in [2.45, 2.75) is 18.9 Å². The monoisotopic (exact) mass is 278 g/mol. The van der Waals surface area contributed by atoms with Crippen molar-refractivity contribution in [1.29, 1.82) is 0 Å². The lowest BCUT2D eigenvalue weighted by atomic mass is 10.0. The molecule has 0 spiro atoms. The number of carbonyl (C=O) groups is 1. The van der Waals surface area contributed by atoms with Gasteiger partial charge in [-0.25, -0.2) is 0 Å². The number of benzene rings is 2. The molecule has 0 bridgehead atoms. The van der Waals surface area contributed by atoms with Crippen LogP contribution in [0.15, 0.2) is 66.9 Å². The first-order chi connectivity index (χ1) is 10.3. The fraction of sp³-hybridized carbons (Fsp3) is 0.167. The molecule has 106 valence electrons. The molecule has 1 heterocycles. The third-order valence-corrected chi connectivity index (χ3v) is 3.84. The predicted molar refractivity (Wildman–Crippen MR) is 84.9 cm³/mol. The predicted octanol–water partition coefficient (Wildman–Crippen LogP) is 3.30. The Morgan fingerprint density at radius 2 is 1.71 bits per heavy atom. The van der Waals surface area contributed by atoms with Crippen molar-refractivity contribution in [2.75, 3.05) is 0 Å². The molecule has 2 aromatic carbocycles. The van der Waals surface area contributed by atoms with Gasteiger partial charge in [0.1, 0.15) is 6.04 Å². The summed E-state index contributed by atoms with van der Waals surface area (Å²) >= 11 is 0. The summed E-state index contributed by atoms with van der Waals surface area (Å²) in [4.78, 5) is 11.9. The first kappa shape index (κ1) is 13.4. The quantitative estimate of drug-likeness (QED) is 0.764. The molecule has 3 aromatic rings. The van der Waals surface area contributed by atoms with Gasteiger partial charge in [-0.15, -0.1) is 0 Å². The molecule has 0 aliphatic heterocycles. The van der Waals surface area contributed by atoms with Gasteiger partial charge in [0.15, 0.2) is 0 Å². The Labute approximate surface area is 124 Å². The number of carbonyl (C=O) groups excluding carboxylic acids is 1. The van der Waals surface area contributed by atoms with Gasteiger partial charge in [0.25, 0.3) is 0 Å². The van der Waals surface area contributed by atoms with Gasteiger partial charge in [-0.05, 0) is 35.9 Å². The lowest BCUT2D eigenvalue weighted by molar-refractivity contribution is -0.121. The van der Waals surface area contributed by atoms with E-state index in [4.69, 9.17) is 5.73 Å². The number of aryl methyl sites for hydroxylation is 1. The van der Waals surface area contributed by atoms with Crippen molar-refractivity contribution in [2.24, 2.45) is 5.73 Å². The zero-order valence-corrected chi connectivity index (χ0v) is 11.8. The van der Waals surface area contributed by atoms with Gasteiger partial charge in [-0.1, -0.05) is 48.5 Å². The van der Waals surface area contributed by atoms with Crippen LogP contribution in [0.5, 0.6) is 0 Å². The molecule has 3 nitrogen and oxygen atoms in total. The number of rotatable bonds is 5. The third kappa shape index (κ3) is 2.82. The summed E-state index contributed by atoms with van der Waals surface area (Å²) in [6, 6.07) is 19.9. The van der Waals surface area contributed by atoms with Crippen molar-refractivity contribution >= 4 is 16.8 Å². The minimum Gasteiger partial charge on any atom is -0.368 e. The van der Waals surface area contributed by atoms with Crippen LogP contribution in [0.1, 0.15) is 18.0 Å². The van der Waals surface area contributed by atoms with Crippen LogP contribution >= 0.6 is 0 Å². The molecule has 0 fully saturated rings. The van der Waals surface area contributed by atoms with Gasteiger partial charge in [0.05, 0.1) is 0 Å². The highest BCUT2D eigenvalue weighted by Crippen LogP contribution is 2.23. The van der Waals surface area contributed by atoms with Gasteiger partial charge in [0.2, 0.25) is 5.91 Å². The summed E-state index contributed by atoms with van der Waals surface area (Å²) in [6.45, 7) is 0. The van der Waals surface area contributed by atoms with Crippen molar-refractivity contribution in [3.05, 3.63) is 72.4 Å². The minimum absolute atomic E-state index is 0.285. The second-order valence-corrected chi connectivity index (χ2v) is 5.22. The highest BCUT2D eigenvalue weighted by atomic mass is 16.1. The number of nitrogens with zero attached hydrogens (tertiary/aromatic N) is 1. The normalized spacial score (nSPS) is 12.4. The summed E-state index contributed by atoms with van der Waals surface area (Å²) in [5, 5.41) is 1.13. The van der Waals surface area contributed by atoms with E-state index in [2.05, 4.69) is 12.1 Å². The van der Waals surface area contributed by atoms with Gasteiger partial charge >= 0.3 is 0 Å². The van der Waals surface area contributed by atoms with Crippen LogP contribution in [0.3, 0.4) is 0 Å². The third-order valence-electron chi connectivity index (χ3n) is 3.84. The molecular weight excluding hydrogens is 260 g/mol. The van der Waals surface area contributed by atoms with E-state index in [9.17, 15) is 4.79 Å². The number of amides is 1. The number of fused-ring (bicyclic) bond motifs is 1. The van der Waals surface area contributed by atoms with Crippen LogP contribution in [-0.2, 0) is 11.2 Å². The second kappa shape index (κ2) is 5.83. The maximum absolute atomic E-state index is 11.9. The SMILES string of the molecule is NC(=O)C(CCc1ccccc1)n1ccc2ccccc21. The van der Waals surface area contributed by atoms with Crippen LogP contribution in [0.25, 0.3) is 10.9 Å². The smallest absolute Gasteiger partial charge is 0.240 e. The number of aromatic nitrogens is 1. The van der Waals surface area contributed by atoms with E-state index in [1.165, 1.54) is 5.56 Å². The molecular formula is C18H18N2O. The molecule has 0 saturated carbocycles. The number of nitrogens with two attached hydrogens (primary N) is 1. The summed E-state index contributed by atoms with van der Waals surface area (Å²) < 4.78 is 1.99. The molecule has 1 unspecified atom stereocenters. The molecule has 3 rings (SSSR count). The molecule has 0 saturated heterocycles. The van der Waals surface area contributed by atoms with E-state index in [1.807, 2.05) is 59.3 Å². The maximum atomic E-state index is 11.9. The fourth-order valence-electron chi connectivity index (χ4n) is 2.74. The molecule has 0 aliphatic carbocycles. The molecule has 0 aliphatic rings. The van der Waals surface area contributed by atoms with E-state index in [0.29, 0.717) is 6.42 Å². The van der Waals surface area contributed by atoms with Crippen LogP contribution < -0.4 is 5.73 Å². The average Bonchev–Trinajstić information content (AvgIpc) is 2.92. The van der Waals surface area contributed by atoms with Crippen LogP contribution in [0.4, 0.5) is 0 Å². The molecule has 0 radical (unpaired) electrons. The van der Waals surface area contributed by atoms with Crippen LogP contribution in [0, 0.1) is 0 Å². The topological polar surface area (TPSA) is 48.0 Å². The lowest BCUT2D eigenvalue weighted by Gasteiger charge is -2.17. The first-order valence-corrected chi connectivity index (χ1v) is 7.14. The summed E-state index contributed by atoms with van der Waals surface area (Å²) in [5.41, 5.74) is 7.90. The van der Waals surface area contributed by atoms with Crippen molar-refractivity contribution in [3.63, 3.8) is 0 Å². The Morgan fingerprint density at radius 1 is 1.00 bits per heavy atom. The summed E-state index contributed by atoms with van der Waals surface area (Å²) in [7, 11) is 0. The standard InChI is InChI=1S/C18H18N2O/c19-18(21)17(11-10-14-6-2-1-3-7-14)20-13-12-15-8-4-5-9-16(15)20/h1-9,12-13,17H,10-11H2,(H2,19,21). The zero-order valence-electron chi connectivity index (χ0n) is 11.8. The fourth-order valence-corrected chi connectivity index (χ4v) is 2.74. The Bertz CT molecular complexity index is 746. The van der Waals surface area contributed by atoms with E-state index in [1.54, 1.807) is 0 Å². The molecule has 2 N–H and O–H groups in total. The summed E-state index contributed by atoms with van der Waals surface area (Å²) in [6.07, 6.45) is 3.49. The number of hydrogen-bond donors (Lipinski definition) is 1. The molecule has 21 heavy (non-hydrogen) atoms. The zero-order chi connectivity index (χ0) is 14.7. The highest BCUT2D eigenvalue weighted by molar-refractivity contribution is 5.84. The Morgan fingerprint density at radius 3 is 2.48 bits per heavy atom. The minimum atomic E-state index is -0.315. The Hall–Kier alpha value is -2.55. The van der Waals surface area contributed by atoms with Crippen molar-refractivity contribution < 1.29 is 4.79 Å². The molecule has 1 atom stereocenters. The van der Waals surface area contributed by atoms with Crippen molar-refractivity contribution in [3.8, 4) is 0 Å². The second-order valence-electron chi connectivity index (χ2n) is 5.22. The van der Waals surface area contributed by atoms with Crippen LogP contribution in [0.2, 0.25) is 0 Å². The van der Waals surface area contributed by atoms with Gasteiger partial charge < -0.3 is 10.3 Å². The lowest BCUT2D eigenvalue weighted by Crippen LogP contribution is -2.26.